The van der Waals surface area contributed by atoms with E-state index in [-0.39, 0.29) is 0 Å². The molecule has 0 spiro atoms. The Morgan fingerprint density at radius 2 is 1.95 bits per heavy atom. The van der Waals surface area contributed by atoms with E-state index in [2.05, 4.69) is 6.07 Å². The topological polar surface area (TPSA) is 29.5 Å². The number of hydrogen-bond donors (Lipinski definition) is 1. The molecule has 112 valence electrons. The van der Waals surface area contributed by atoms with Gasteiger partial charge in [0.2, 0.25) is 0 Å². The highest BCUT2D eigenvalue weighted by Gasteiger charge is 2.20. The molecule has 0 saturated heterocycles. The first-order chi connectivity index (χ1) is 10.2. The Hall–Kier alpha value is -1.32. The Balaban J connectivity index is 1.95. The number of rotatable bonds is 3. The van der Waals surface area contributed by atoms with Crippen LogP contribution >= 0.6 is 11.3 Å². The lowest BCUT2D eigenvalue weighted by molar-refractivity contribution is 0.218. The standard InChI is InChI=1S/C18H22O2S/c1-12-8-9-15(20-2)14(10-12)18(19)17-11-13-6-4-3-5-7-16(13)21-17/h8-11,18-19H,3-7H2,1-2H3. The van der Waals surface area contributed by atoms with E-state index in [4.69, 9.17) is 4.74 Å². The maximum atomic E-state index is 10.8. The molecule has 1 aromatic heterocycles. The van der Waals surface area contributed by atoms with E-state index in [1.807, 2.05) is 25.1 Å². The van der Waals surface area contributed by atoms with Gasteiger partial charge in [0.1, 0.15) is 11.9 Å². The number of fused-ring (bicyclic) bond motifs is 1. The summed E-state index contributed by atoms with van der Waals surface area (Å²) in [4.78, 5) is 2.51. The molecule has 1 atom stereocenters. The molecule has 0 fully saturated rings. The van der Waals surface area contributed by atoms with Crippen LogP contribution in [0.25, 0.3) is 0 Å². The van der Waals surface area contributed by atoms with E-state index in [1.54, 1.807) is 18.4 Å². The summed E-state index contributed by atoms with van der Waals surface area (Å²) in [7, 11) is 1.66. The first-order valence-electron chi connectivity index (χ1n) is 7.63. The van der Waals surface area contributed by atoms with Crippen molar-refractivity contribution < 1.29 is 9.84 Å². The van der Waals surface area contributed by atoms with Gasteiger partial charge >= 0.3 is 0 Å². The summed E-state index contributed by atoms with van der Waals surface area (Å²) in [6.07, 6.45) is 5.60. The number of aryl methyl sites for hydroxylation is 3. The van der Waals surface area contributed by atoms with Crippen molar-refractivity contribution in [1.29, 1.82) is 0 Å². The molecule has 2 aromatic rings. The van der Waals surface area contributed by atoms with Crippen molar-refractivity contribution in [2.75, 3.05) is 7.11 Å². The van der Waals surface area contributed by atoms with Crippen molar-refractivity contribution in [3.63, 3.8) is 0 Å². The van der Waals surface area contributed by atoms with Crippen molar-refractivity contribution in [3.05, 3.63) is 50.7 Å². The quantitative estimate of drug-likeness (QED) is 0.851. The van der Waals surface area contributed by atoms with Gasteiger partial charge in [-0.15, -0.1) is 11.3 Å². The maximum Gasteiger partial charge on any atom is 0.125 e. The van der Waals surface area contributed by atoms with Gasteiger partial charge in [0.05, 0.1) is 7.11 Å². The zero-order valence-corrected chi connectivity index (χ0v) is 13.5. The second kappa shape index (κ2) is 6.20. The van der Waals surface area contributed by atoms with Crippen molar-refractivity contribution in [2.24, 2.45) is 0 Å². The third-order valence-electron chi connectivity index (χ3n) is 4.21. The summed E-state index contributed by atoms with van der Waals surface area (Å²) in [6, 6.07) is 8.18. The van der Waals surface area contributed by atoms with Crippen LogP contribution in [0.2, 0.25) is 0 Å². The summed E-state index contributed by atoms with van der Waals surface area (Å²) in [5.74, 6) is 0.761. The fraction of sp³-hybridized carbons (Fsp3) is 0.444. The molecule has 1 aromatic carbocycles. The molecule has 1 heterocycles. The van der Waals surface area contributed by atoms with Crippen LogP contribution in [-0.2, 0) is 12.8 Å². The smallest absolute Gasteiger partial charge is 0.125 e. The van der Waals surface area contributed by atoms with Gasteiger partial charge in [-0.25, -0.2) is 0 Å². The fourth-order valence-corrected chi connectivity index (χ4v) is 4.31. The molecule has 1 aliphatic rings. The van der Waals surface area contributed by atoms with E-state index in [1.165, 1.54) is 29.7 Å². The molecule has 21 heavy (non-hydrogen) atoms. The summed E-state index contributed by atoms with van der Waals surface area (Å²) >= 11 is 1.77. The molecule has 1 aliphatic carbocycles. The first-order valence-corrected chi connectivity index (χ1v) is 8.45. The molecule has 1 N–H and O–H groups in total. The number of methoxy groups -OCH3 is 1. The molecular formula is C18H22O2S. The van der Waals surface area contributed by atoms with E-state index >= 15 is 0 Å². The summed E-state index contributed by atoms with van der Waals surface area (Å²) in [6.45, 7) is 2.04. The van der Waals surface area contributed by atoms with E-state index in [9.17, 15) is 5.11 Å². The molecule has 2 nitrogen and oxygen atoms in total. The molecule has 3 heteroatoms. The number of aliphatic hydroxyl groups excluding tert-OH is 1. The molecule has 0 aliphatic heterocycles. The summed E-state index contributed by atoms with van der Waals surface area (Å²) < 4.78 is 5.41. The number of ether oxygens (including phenoxy) is 1. The lowest BCUT2D eigenvalue weighted by Gasteiger charge is -2.14. The van der Waals surface area contributed by atoms with Crippen molar-refractivity contribution >= 4 is 11.3 Å². The molecule has 0 saturated carbocycles. The van der Waals surface area contributed by atoms with Crippen LogP contribution in [0.4, 0.5) is 0 Å². The lowest BCUT2D eigenvalue weighted by Crippen LogP contribution is -2.01. The molecular weight excluding hydrogens is 280 g/mol. The third-order valence-corrected chi connectivity index (χ3v) is 5.50. The zero-order valence-electron chi connectivity index (χ0n) is 12.7. The molecule has 0 amide bonds. The normalized spacial score (nSPS) is 16.1. The highest BCUT2D eigenvalue weighted by molar-refractivity contribution is 7.12. The Bertz CT molecular complexity index is 607. The average Bonchev–Trinajstić information content (AvgIpc) is 2.77. The number of thiophene rings is 1. The van der Waals surface area contributed by atoms with Gasteiger partial charge in [-0.05, 0) is 56.4 Å². The van der Waals surface area contributed by atoms with E-state index < -0.39 is 6.10 Å². The van der Waals surface area contributed by atoms with Gasteiger partial charge in [0.15, 0.2) is 0 Å². The second-order valence-corrected chi connectivity index (χ2v) is 6.97. The lowest BCUT2D eigenvalue weighted by atomic mass is 10.0. The molecule has 1 unspecified atom stereocenters. The Labute approximate surface area is 130 Å². The van der Waals surface area contributed by atoms with Gasteiger partial charge < -0.3 is 9.84 Å². The predicted molar refractivity (Wildman–Crippen MR) is 87.4 cm³/mol. The molecule has 0 radical (unpaired) electrons. The second-order valence-electron chi connectivity index (χ2n) is 5.81. The zero-order chi connectivity index (χ0) is 14.8. The van der Waals surface area contributed by atoms with Crippen molar-refractivity contribution in [2.45, 2.75) is 45.1 Å². The minimum Gasteiger partial charge on any atom is -0.496 e. The van der Waals surface area contributed by atoms with Crippen molar-refractivity contribution in [3.8, 4) is 5.75 Å². The molecule has 3 rings (SSSR count). The van der Waals surface area contributed by atoms with Crippen molar-refractivity contribution in [1.82, 2.24) is 0 Å². The van der Waals surface area contributed by atoms with Crippen LogP contribution in [-0.4, -0.2) is 12.2 Å². The number of benzene rings is 1. The van der Waals surface area contributed by atoms with Crippen LogP contribution < -0.4 is 4.74 Å². The SMILES string of the molecule is COc1ccc(C)cc1C(O)c1cc2c(s1)CCCCC2. The minimum absolute atomic E-state index is 0.586. The monoisotopic (exact) mass is 302 g/mol. The Kier molecular flexibility index (Phi) is 4.32. The Morgan fingerprint density at radius 1 is 1.14 bits per heavy atom. The van der Waals surface area contributed by atoms with Crippen LogP contribution in [0, 0.1) is 6.92 Å². The predicted octanol–water partition coefficient (Wildman–Crippen LogP) is 4.42. The third kappa shape index (κ3) is 2.99. The average molecular weight is 302 g/mol. The number of hydrogen-bond acceptors (Lipinski definition) is 3. The van der Waals surface area contributed by atoms with Gasteiger partial charge in [-0.2, -0.15) is 0 Å². The fourth-order valence-electron chi connectivity index (χ4n) is 3.05. The van der Waals surface area contributed by atoms with E-state index in [0.717, 1.165) is 34.6 Å². The minimum atomic E-state index is -0.586. The van der Waals surface area contributed by atoms with Gasteiger partial charge in [-0.1, -0.05) is 18.1 Å². The van der Waals surface area contributed by atoms with Crippen LogP contribution in [0.1, 0.15) is 51.8 Å². The first kappa shape index (κ1) is 14.6. The van der Waals surface area contributed by atoms with E-state index in [0.29, 0.717) is 0 Å². The highest BCUT2D eigenvalue weighted by Crippen LogP contribution is 2.37. The van der Waals surface area contributed by atoms with Crippen LogP contribution in [0.5, 0.6) is 5.75 Å². The summed E-state index contributed by atoms with van der Waals surface area (Å²) in [5.41, 5.74) is 3.45. The maximum absolute atomic E-state index is 10.8. The van der Waals surface area contributed by atoms with Gasteiger partial charge in [0, 0.05) is 15.3 Å². The highest BCUT2D eigenvalue weighted by atomic mass is 32.1. The van der Waals surface area contributed by atoms with Gasteiger partial charge in [-0.3, -0.25) is 0 Å². The summed E-state index contributed by atoms with van der Waals surface area (Å²) in [5, 5.41) is 10.8. The van der Waals surface area contributed by atoms with Gasteiger partial charge in [0.25, 0.3) is 0 Å². The van der Waals surface area contributed by atoms with Crippen LogP contribution in [0.15, 0.2) is 24.3 Å². The number of aliphatic hydroxyl groups is 1. The molecule has 0 bridgehead atoms. The van der Waals surface area contributed by atoms with Crippen LogP contribution in [0.3, 0.4) is 0 Å². The largest absolute Gasteiger partial charge is 0.496 e. The Morgan fingerprint density at radius 3 is 2.76 bits per heavy atom.